The van der Waals surface area contributed by atoms with Gasteiger partial charge in [0.25, 0.3) is 0 Å². The fraction of sp³-hybridized carbons (Fsp3) is 0.357. The fourth-order valence-electron chi connectivity index (χ4n) is 2.48. The first-order chi connectivity index (χ1) is 10.1. The molecule has 0 saturated carbocycles. The van der Waals surface area contributed by atoms with Gasteiger partial charge in [-0.05, 0) is 26.0 Å². The van der Waals surface area contributed by atoms with Crippen molar-refractivity contribution >= 4 is 22.6 Å². The summed E-state index contributed by atoms with van der Waals surface area (Å²) in [6, 6.07) is 6.02. The minimum atomic E-state index is 0.252. The smallest absolute Gasteiger partial charge is 0.132 e. The second-order valence-corrected chi connectivity index (χ2v) is 5.62. The summed E-state index contributed by atoms with van der Waals surface area (Å²) < 4.78 is 3.89. The molecule has 0 bridgehead atoms. The summed E-state index contributed by atoms with van der Waals surface area (Å²) in [5.74, 6) is 0.904. The number of rotatable bonds is 4. The van der Waals surface area contributed by atoms with Gasteiger partial charge in [-0.2, -0.15) is 0 Å². The summed E-state index contributed by atoms with van der Waals surface area (Å²) in [5.41, 5.74) is 8.18. The quantitative estimate of drug-likeness (QED) is 0.803. The predicted molar refractivity (Wildman–Crippen MR) is 82.1 cm³/mol. The van der Waals surface area contributed by atoms with Gasteiger partial charge in [0.15, 0.2) is 0 Å². The second kappa shape index (κ2) is 5.46. The van der Waals surface area contributed by atoms with Crippen molar-refractivity contribution in [3.8, 4) is 0 Å². The average Bonchev–Trinajstić information content (AvgIpc) is 3.03. The lowest BCUT2D eigenvalue weighted by Gasteiger charge is -2.13. The minimum absolute atomic E-state index is 0.252. The van der Waals surface area contributed by atoms with Crippen LogP contribution in [-0.2, 0) is 13.1 Å². The second-order valence-electron chi connectivity index (χ2n) is 5.21. The van der Waals surface area contributed by atoms with Gasteiger partial charge in [0.05, 0.1) is 27.9 Å². The number of imidazole rings is 1. The summed E-state index contributed by atoms with van der Waals surface area (Å²) in [6.45, 7) is 5.14. The number of nitrogens with two attached hydrogens (primary N) is 1. The maximum Gasteiger partial charge on any atom is 0.132 e. The first-order valence-electron chi connectivity index (χ1n) is 6.84. The first kappa shape index (κ1) is 14.0. The molecule has 2 N–H and O–H groups in total. The summed E-state index contributed by atoms with van der Waals surface area (Å²) >= 11 is 6.34. The molecule has 0 aliphatic heterocycles. The number of aromatic nitrogens is 5. The third kappa shape index (κ3) is 2.52. The van der Waals surface area contributed by atoms with Crippen molar-refractivity contribution in [1.29, 1.82) is 0 Å². The Labute approximate surface area is 127 Å². The highest BCUT2D eigenvalue weighted by Gasteiger charge is 2.16. The molecule has 2 aromatic heterocycles. The Morgan fingerprint density at radius 2 is 2.14 bits per heavy atom. The topological polar surface area (TPSA) is 74.5 Å². The van der Waals surface area contributed by atoms with Crippen LogP contribution in [0.4, 0.5) is 0 Å². The Bertz CT molecular complexity index is 773. The number of para-hydroxylation sites is 1. The lowest BCUT2D eigenvalue weighted by molar-refractivity contribution is 0.543. The van der Waals surface area contributed by atoms with Gasteiger partial charge in [-0.3, -0.25) is 0 Å². The van der Waals surface area contributed by atoms with E-state index in [9.17, 15) is 0 Å². The summed E-state index contributed by atoms with van der Waals surface area (Å²) in [6.07, 6.45) is 1.84. The van der Waals surface area contributed by atoms with E-state index >= 15 is 0 Å². The third-order valence-corrected chi connectivity index (χ3v) is 3.65. The van der Waals surface area contributed by atoms with Crippen LogP contribution in [0.3, 0.4) is 0 Å². The Kier molecular flexibility index (Phi) is 3.65. The van der Waals surface area contributed by atoms with Crippen LogP contribution in [0.2, 0.25) is 5.02 Å². The zero-order chi connectivity index (χ0) is 15.0. The zero-order valence-corrected chi connectivity index (χ0v) is 12.7. The van der Waals surface area contributed by atoms with Crippen molar-refractivity contribution < 1.29 is 0 Å². The molecule has 0 amide bonds. The van der Waals surface area contributed by atoms with Crippen LogP contribution in [0.15, 0.2) is 24.4 Å². The van der Waals surface area contributed by atoms with E-state index in [0.29, 0.717) is 18.1 Å². The van der Waals surface area contributed by atoms with E-state index in [1.165, 1.54) is 0 Å². The van der Waals surface area contributed by atoms with Crippen molar-refractivity contribution in [2.75, 3.05) is 0 Å². The standard InChI is InChI=1S/C14H17ClN6/c1-9(2)21-13(8-20-7-10(6-16)18-19-20)17-12-5-3-4-11(15)14(12)21/h3-5,7,9H,6,8,16H2,1-2H3. The molecule has 0 fully saturated rings. The van der Waals surface area contributed by atoms with Crippen LogP contribution < -0.4 is 5.73 Å². The molecule has 21 heavy (non-hydrogen) atoms. The van der Waals surface area contributed by atoms with Crippen LogP contribution in [0.1, 0.15) is 31.4 Å². The summed E-state index contributed by atoms with van der Waals surface area (Å²) in [4.78, 5) is 4.68. The molecule has 0 unspecified atom stereocenters. The van der Waals surface area contributed by atoms with Crippen molar-refractivity contribution in [2.24, 2.45) is 5.73 Å². The molecule has 6 nitrogen and oxygen atoms in total. The highest BCUT2D eigenvalue weighted by Crippen LogP contribution is 2.27. The number of nitrogens with zero attached hydrogens (tertiary/aromatic N) is 5. The molecule has 0 radical (unpaired) electrons. The summed E-state index contributed by atoms with van der Waals surface area (Å²) in [7, 11) is 0. The van der Waals surface area contributed by atoms with Crippen molar-refractivity contribution in [1.82, 2.24) is 24.5 Å². The normalized spacial score (nSPS) is 11.7. The lowest BCUT2D eigenvalue weighted by Crippen LogP contribution is -2.11. The van der Waals surface area contributed by atoms with Gasteiger partial charge in [0.1, 0.15) is 12.4 Å². The van der Waals surface area contributed by atoms with Gasteiger partial charge in [0, 0.05) is 12.6 Å². The molecular formula is C14H17ClN6. The van der Waals surface area contributed by atoms with E-state index in [-0.39, 0.29) is 6.04 Å². The van der Waals surface area contributed by atoms with Crippen LogP contribution in [0, 0.1) is 0 Å². The average molecular weight is 305 g/mol. The molecule has 110 valence electrons. The van der Waals surface area contributed by atoms with Gasteiger partial charge in [-0.15, -0.1) is 5.10 Å². The fourth-order valence-corrected chi connectivity index (χ4v) is 2.74. The summed E-state index contributed by atoms with van der Waals surface area (Å²) in [5, 5.41) is 8.79. The molecule has 7 heteroatoms. The highest BCUT2D eigenvalue weighted by atomic mass is 35.5. The molecule has 1 aromatic carbocycles. The number of hydrogen-bond acceptors (Lipinski definition) is 4. The van der Waals surface area contributed by atoms with Crippen LogP contribution in [0.5, 0.6) is 0 Å². The molecule has 0 aliphatic carbocycles. The monoisotopic (exact) mass is 304 g/mol. The number of fused-ring (bicyclic) bond motifs is 1. The number of hydrogen-bond donors (Lipinski definition) is 1. The Balaban J connectivity index is 2.09. The van der Waals surface area contributed by atoms with E-state index < -0.39 is 0 Å². The van der Waals surface area contributed by atoms with Gasteiger partial charge in [-0.25, -0.2) is 9.67 Å². The van der Waals surface area contributed by atoms with Crippen molar-refractivity contribution in [3.63, 3.8) is 0 Å². The molecule has 0 spiro atoms. The van der Waals surface area contributed by atoms with E-state index in [4.69, 9.17) is 17.3 Å². The molecule has 3 aromatic rings. The highest BCUT2D eigenvalue weighted by molar-refractivity contribution is 6.35. The van der Waals surface area contributed by atoms with Crippen molar-refractivity contribution in [2.45, 2.75) is 33.0 Å². The SMILES string of the molecule is CC(C)n1c(Cn2cc(CN)nn2)nc2cccc(Cl)c21. The van der Waals surface area contributed by atoms with E-state index in [0.717, 1.165) is 22.6 Å². The van der Waals surface area contributed by atoms with E-state index in [1.807, 2.05) is 24.4 Å². The van der Waals surface area contributed by atoms with Gasteiger partial charge in [0.2, 0.25) is 0 Å². The van der Waals surface area contributed by atoms with Crippen molar-refractivity contribution in [3.05, 3.63) is 40.9 Å². The largest absolute Gasteiger partial charge is 0.325 e. The predicted octanol–water partition coefficient (Wildman–Crippen LogP) is 2.37. The van der Waals surface area contributed by atoms with E-state index in [1.54, 1.807) is 4.68 Å². The molecule has 0 aliphatic rings. The zero-order valence-electron chi connectivity index (χ0n) is 12.0. The van der Waals surface area contributed by atoms with Crippen LogP contribution >= 0.6 is 11.6 Å². The maximum atomic E-state index is 6.34. The Hall–Kier alpha value is -1.92. The van der Waals surface area contributed by atoms with Gasteiger partial charge < -0.3 is 10.3 Å². The van der Waals surface area contributed by atoms with Gasteiger partial charge in [-0.1, -0.05) is 22.9 Å². The lowest BCUT2D eigenvalue weighted by atomic mass is 10.3. The molecule has 0 atom stereocenters. The molecular weight excluding hydrogens is 288 g/mol. The molecule has 2 heterocycles. The Morgan fingerprint density at radius 1 is 1.33 bits per heavy atom. The Morgan fingerprint density at radius 3 is 2.81 bits per heavy atom. The number of benzene rings is 1. The third-order valence-electron chi connectivity index (χ3n) is 3.35. The number of halogens is 1. The molecule has 3 rings (SSSR count). The first-order valence-corrected chi connectivity index (χ1v) is 7.22. The van der Waals surface area contributed by atoms with Crippen LogP contribution in [0.25, 0.3) is 11.0 Å². The van der Waals surface area contributed by atoms with Gasteiger partial charge >= 0.3 is 0 Å². The minimum Gasteiger partial charge on any atom is -0.325 e. The van der Waals surface area contributed by atoms with E-state index in [2.05, 4.69) is 33.7 Å². The maximum absolute atomic E-state index is 6.34. The molecule has 0 saturated heterocycles. The van der Waals surface area contributed by atoms with Crippen LogP contribution in [-0.4, -0.2) is 24.5 Å².